The second kappa shape index (κ2) is 5.52. The number of aliphatic carboxylic acids is 1. The van der Waals surface area contributed by atoms with Crippen molar-refractivity contribution in [3.05, 3.63) is 0 Å². The van der Waals surface area contributed by atoms with Crippen LogP contribution in [0.1, 0.15) is 52.9 Å². The van der Waals surface area contributed by atoms with Crippen molar-refractivity contribution in [2.45, 2.75) is 58.9 Å². The summed E-state index contributed by atoms with van der Waals surface area (Å²) in [5.41, 5.74) is 0.266. The van der Waals surface area contributed by atoms with E-state index in [-0.39, 0.29) is 30.2 Å². The van der Waals surface area contributed by atoms with Crippen molar-refractivity contribution in [2.75, 3.05) is 0 Å². The lowest BCUT2D eigenvalue weighted by Gasteiger charge is -2.39. The molecule has 0 aromatic carbocycles. The zero-order valence-corrected chi connectivity index (χ0v) is 11.0. The Labute approximate surface area is 103 Å². The summed E-state index contributed by atoms with van der Waals surface area (Å²) in [6.45, 7) is 6.65. The highest BCUT2D eigenvalue weighted by Gasteiger charge is 2.32. The van der Waals surface area contributed by atoms with Gasteiger partial charge in [0.05, 0.1) is 6.42 Å². The lowest BCUT2D eigenvalue weighted by Crippen LogP contribution is -2.43. The molecule has 2 N–H and O–H groups in total. The molecule has 0 saturated heterocycles. The first-order valence-electron chi connectivity index (χ1n) is 6.30. The van der Waals surface area contributed by atoms with E-state index in [9.17, 15) is 9.59 Å². The van der Waals surface area contributed by atoms with Gasteiger partial charge in [-0.15, -0.1) is 0 Å². The zero-order valence-electron chi connectivity index (χ0n) is 11.0. The molecule has 4 heteroatoms. The minimum absolute atomic E-state index is 0.0840. The van der Waals surface area contributed by atoms with Gasteiger partial charge in [-0.3, -0.25) is 9.59 Å². The van der Waals surface area contributed by atoms with Crippen LogP contribution in [0.2, 0.25) is 0 Å². The topological polar surface area (TPSA) is 66.4 Å². The fourth-order valence-electron chi connectivity index (χ4n) is 2.98. The zero-order chi connectivity index (χ0) is 13.1. The molecule has 0 aliphatic heterocycles. The van der Waals surface area contributed by atoms with Crippen molar-refractivity contribution in [1.82, 2.24) is 5.32 Å². The maximum absolute atomic E-state index is 11.6. The predicted octanol–water partition coefficient (Wildman–Crippen LogP) is 2.18. The molecule has 0 radical (unpaired) electrons. The van der Waals surface area contributed by atoms with Crippen molar-refractivity contribution < 1.29 is 14.7 Å². The number of carbonyl (C=O) groups excluding carboxylic acids is 1. The Kier molecular flexibility index (Phi) is 4.54. The molecule has 0 aromatic rings. The Balaban J connectivity index is 2.40. The van der Waals surface area contributed by atoms with Gasteiger partial charge in [-0.2, -0.15) is 0 Å². The van der Waals surface area contributed by atoms with E-state index >= 15 is 0 Å². The number of hydrogen-bond donors (Lipinski definition) is 2. The van der Waals surface area contributed by atoms with Crippen LogP contribution in [0.5, 0.6) is 0 Å². The fraction of sp³-hybridized carbons (Fsp3) is 0.846. The molecule has 1 aliphatic rings. The molecule has 0 heterocycles. The maximum atomic E-state index is 11.6. The Morgan fingerprint density at radius 1 is 1.29 bits per heavy atom. The van der Waals surface area contributed by atoms with Gasteiger partial charge >= 0.3 is 5.97 Å². The van der Waals surface area contributed by atoms with Gasteiger partial charge in [0.2, 0.25) is 5.91 Å². The third kappa shape index (κ3) is 5.20. The summed E-state index contributed by atoms with van der Waals surface area (Å²) >= 11 is 0. The average Bonchev–Trinajstić information content (AvgIpc) is 2.11. The van der Waals surface area contributed by atoms with Crippen LogP contribution in [-0.2, 0) is 9.59 Å². The number of carboxylic acids is 1. The van der Waals surface area contributed by atoms with Gasteiger partial charge in [-0.25, -0.2) is 0 Å². The minimum atomic E-state index is -0.919. The van der Waals surface area contributed by atoms with Crippen molar-refractivity contribution in [2.24, 2.45) is 11.3 Å². The number of carbonyl (C=O) groups is 2. The molecule has 17 heavy (non-hydrogen) atoms. The predicted molar refractivity (Wildman–Crippen MR) is 65.6 cm³/mol. The number of carboxylic acid groups (broad SMARTS) is 1. The molecule has 0 spiro atoms. The van der Waals surface area contributed by atoms with Crippen molar-refractivity contribution in [1.29, 1.82) is 0 Å². The molecule has 98 valence electrons. The number of hydrogen-bond acceptors (Lipinski definition) is 2. The van der Waals surface area contributed by atoms with Crippen LogP contribution in [0, 0.1) is 11.3 Å². The van der Waals surface area contributed by atoms with E-state index in [1.807, 2.05) is 0 Å². The summed E-state index contributed by atoms with van der Waals surface area (Å²) in [5.74, 6) is -0.441. The Morgan fingerprint density at radius 3 is 2.47 bits per heavy atom. The van der Waals surface area contributed by atoms with Gasteiger partial charge in [0.1, 0.15) is 0 Å². The molecule has 1 aliphatic carbocycles. The van der Waals surface area contributed by atoms with E-state index in [0.29, 0.717) is 5.92 Å². The molecule has 1 rings (SSSR count). The minimum Gasteiger partial charge on any atom is -0.481 e. The van der Waals surface area contributed by atoms with Crippen LogP contribution in [0.4, 0.5) is 0 Å². The van der Waals surface area contributed by atoms with Crippen LogP contribution in [0.3, 0.4) is 0 Å². The molecular formula is C13H23NO3. The van der Waals surface area contributed by atoms with Crippen LogP contribution < -0.4 is 5.32 Å². The van der Waals surface area contributed by atoms with E-state index in [1.165, 1.54) is 6.42 Å². The Hall–Kier alpha value is -1.06. The first-order valence-corrected chi connectivity index (χ1v) is 6.30. The van der Waals surface area contributed by atoms with Crippen LogP contribution in [-0.4, -0.2) is 23.0 Å². The van der Waals surface area contributed by atoms with Gasteiger partial charge in [0.25, 0.3) is 0 Å². The number of nitrogens with one attached hydrogen (secondary N) is 1. The highest BCUT2D eigenvalue weighted by molar-refractivity contribution is 5.80. The molecule has 2 atom stereocenters. The SMILES string of the molecule is C[C@H]1C[C@H](NC(=O)CCC(=O)O)CC(C)(C)C1. The second-order valence-corrected chi connectivity index (χ2v) is 6.07. The molecule has 1 fully saturated rings. The maximum Gasteiger partial charge on any atom is 0.303 e. The monoisotopic (exact) mass is 241 g/mol. The summed E-state index contributed by atoms with van der Waals surface area (Å²) < 4.78 is 0. The third-order valence-corrected chi connectivity index (χ3v) is 3.32. The quantitative estimate of drug-likeness (QED) is 0.792. The molecule has 0 bridgehead atoms. The van der Waals surface area contributed by atoms with Gasteiger partial charge in [-0.1, -0.05) is 20.8 Å². The lowest BCUT2D eigenvalue weighted by molar-refractivity contribution is -0.139. The average molecular weight is 241 g/mol. The van der Waals surface area contributed by atoms with Crippen molar-refractivity contribution in [3.63, 3.8) is 0 Å². The van der Waals surface area contributed by atoms with Gasteiger partial charge in [0.15, 0.2) is 0 Å². The van der Waals surface area contributed by atoms with E-state index in [1.54, 1.807) is 0 Å². The standard InChI is InChI=1S/C13H23NO3/c1-9-6-10(8-13(2,3)7-9)14-11(15)4-5-12(16)17/h9-10H,4-8H2,1-3H3,(H,14,15)(H,16,17)/t9-,10-/m0/s1. The largest absolute Gasteiger partial charge is 0.481 e. The Morgan fingerprint density at radius 2 is 1.94 bits per heavy atom. The summed E-state index contributed by atoms with van der Waals surface area (Å²) in [7, 11) is 0. The summed E-state index contributed by atoms with van der Waals surface area (Å²) in [6.07, 6.45) is 3.17. The highest BCUT2D eigenvalue weighted by atomic mass is 16.4. The fourth-order valence-corrected chi connectivity index (χ4v) is 2.98. The number of amides is 1. The smallest absolute Gasteiger partial charge is 0.303 e. The first kappa shape index (κ1) is 14.0. The molecule has 1 amide bonds. The second-order valence-electron chi connectivity index (χ2n) is 6.07. The molecular weight excluding hydrogens is 218 g/mol. The normalized spacial score (nSPS) is 27.5. The summed E-state index contributed by atoms with van der Waals surface area (Å²) in [5, 5.41) is 11.5. The van der Waals surface area contributed by atoms with Crippen LogP contribution in [0.15, 0.2) is 0 Å². The molecule has 0 aromatic heterocycles. The molecule has 4 nitrogen and oxygen atoms in total. The molecule has 0 unspecified atom stereocenters. The van der Waals surface area contributed by atoms with E-state index in [2.05, 4.69) is 26.1 Å². The van der Waals surface area contributed by atoms with Crippen LogP contribution in [0.25, 0.3) is 0 Å². The van der Waals surface area contributed by atoms with Gasteiger partial charge in [0, 0.05) is 12.5 Å². The molecule has 1 saturated carbocycles. The van der Waals surface area contributed by atoms with Crippen molar-refractivity contribution >= 4 is 11.9 Å². The summed E-state index contributed by atoms with van der Waals surface area (Å²) in [4.78, 5) is 21.9. The third-order valence-electron chi connectivity index (χ3n) is 3.32. The number of rotatable bonds is 4. The van der Waals surface area contributed by atoms with E-state index in [4.69, 9.17) is 5.11 Å². The summed E-state index contributed by atoms with van der Waals surface area (Å²) in [6, 6.07) is 0.204. The first-order chi connectivity index (χ1) is 7.78. The van der Waals surface area contributed by atoms with E-state index < -0.39 is 5.97 Å². The van der Waals surface area contributed by atoms with Crippen molar-refractivity contribution in [3.8, 4) is 0 Å². The Bertz CT molecular complexity index is 299. The van der Waals surface area contributed by atoms with Crippen LogP contribution >= 0.6 is 0 Å². The highest BCUT2D eigenvalue weighted by Crippen LogP contribution is 2.38. The van der Waals surface area contributed by atoms with Gasteiger partial charge in [-0.05, 0) is 30.6 Å². The van der Waals surface area contributed by atoms with Gasteiger partial charge < -0.3 is 10.4 Å². The van der Waals surface area contributed by atoms with E-state index in [0.717, 1.165) is 12.8 Å². The lowest BCUT2D eigenvalue weighted by atomic mass is 9.70.